The Labute approximate surface area is 186 Å². The van der Waals surface area contributed by atoms with Gasteiger partial charge in [0.05, 0.1) is 11.8 Å². The lowest BCUT2D eigenvalue weighted by atomic mass is 10.0. The summed E-state index contributed by atoms with van der Waals surface area (Å²) >= 11 is 0. The average Bonchev–Trinajstić information content (AvgIpc) is 2.77. The van der Waals surface area contributed by atoms with Crippen molar-refractivity contribution in [3.05, 3.63) is 69.6 Å². The summed E-state index contributed by atoms with van der Waals surface area (Å²) in [6.45, 7) is 4.07. The standard InChI is InChI=1S/C25H28O7/c1-3-4-21-23(31-15-17(26)14-30-18-7-5-16(2)6-8-18)11-10-20-22(27)13-19(32-25(20)21)9-12-24(28)29/h5-8,10-11,13,17,26H,3-4,9,12,14-15H2,1-2H3,(H,28,29). The summed E-state index contributed by atoms with van der Waals surface area (Å²) in [5, 5.41) is 19.6. The first-order valence-corrected chi connectivity index (χ1v) is 10.7. The largest absolute Gasteiger partial charge is 0.491 e. The molecule has 0 aliphatic rings. The number of ether oxygens (including phenoxy) is 2. The van der Waals surface area contributed by atoms with Crippen molar-refractivity contribution in [1.29, 1.82) is 0 Å². The summed E-state index contributed by atoms with van der Waals surface area (Å²) in [6.07, 6.45) is 0.550. The van der Waals surface area contributed by atoms with Gasteiger partial charge in [0.15, 0.2) is 5.43 Å². The van der Waals surface area contributed by atoms with E-state index in [0.29, 0.717) is 34.6 Å². The molecular formula is C25H28O7. The van der Waals surface area contributed by atoms with Crippen molar-refractivity contribution in [2.24, 2.45) is 0 Å². The Bertz CT molecular complexity index is 1120. The molecule has 0 amide bonds. The molecule has 3 aromatic rings. The molecule has 0 saturated heterocycles. The minimum Gasteiger partial charge on any atom is -0.491 e. The molecule has 7 heteroatoms. The van der Waals surface area contributed by atoms with Crippen LogP contribution in [0.2, 0.25) is 0 Å². The van der Waals surface area contributed by atoms with Gasteiger partial charge in [-0.2, -0.15) is 0 Å². The molecule has 0 spiro atoms. The molecule has 0 bridgehead atoms. The smallest absolute Gasteiger partial charge is 0.303 e. The highest BCUT2D eigenvalue weighted by molar-refractivity contribution is 5.82. The Morgan fingerprint density at radius 3 is 2.47 bits per heavy atom. The fourth-order valence-corrected chi connectivity index (χ4v) is 3.34. The van der Waals surface area contributed by atoms with Crippen LogP contribution in [0, 0.1) is 6.92 Å². The number of fused-ring (bicyclic) bond motifs is 1. The molecule has 0 aliphatic carbocycles. The van der Waals surface area contributed by atoms with Crippen LogP contribution in [0.15, 0.2) is 51.7 Å². The van der Waals surface area contributed by atoms with Gasteiger partial charge in [-0.3, -0.25) is 9.59 Å². The molecule has 7 nitrogen and oxygen atoms in total. The van der Waals surface area contributed by atoms with E-state index in [4.69, 9.17) is 19.0 Å². The normalized spacial score (nSPS) is 12.0. The molecule has 1 unspecified atom stereocenters. The van der Waals surface area contributed by atoms with Crippen molar-refractivity contribution >= 4 is 16.9 Å². The van der Waals surface area contributed by atoms with Crippen LogP contribution in [0.4, 0.5) is 0 Å². The molecular weight excluding hydrogens is 412 g/mol. The van der Waals surface area contributed by atoms with Crippen molar-refractivity contribution in [3.8, 4) is 11.5 Å². The molecule has 0 saturated carbocycles. The summed E-state index contributed by atoms with van der Waals surface area (Å²) in [5.41, 5.74) is 2.04. The maximum atomic E-state index is 12.5. The van der Waals surface area contributed by atoms with Crippen LogP contribution in [-0.4, -0.2) is 35.5 Å². The van der Waals surface area contributed by atoms with Gasteiger partial charge in [0.1, 0.15) is 42.2 Å². The number of benzene rings is 2. The van der Waals surface area contributed by atoms with Gasteiger partial charge in [0, 0.05) is 18.1 Å². The lowest BCUT2D eigenvalue weighted by Crippen LogP contribution is -2.25. The van der Waals surface area contributed by atoms with Crippen LogP contribution in [0.3, 0.4) is 0 Å². The minimum atomic E-state index is -0.958. The highest BCUT2D eigenvalue weighted by Crippen LogP contribution is 2.29. The van der Waals surface area contributed by atoms with Gasteiger partial charge in [-0.05, 0) is 37.6 Å². The lowest BCUT2D eigenvalue weighted by Gasteiger charge is -2.17. The first-order chi connectivity index (χ1) is 15.4. The number of aliphatic hydroxyl groups excluding tert-OH is 1. The molecule has 1 heterocycles. The Morgan fingerprint density at radius 1 is 1.06 bits per heavy atom. The van der Waals surface area contributed by atoms with Gasteiger partial charge in [0.25, 0.3) is 0 Å². The molecule has 0 fully saturated rings. The van der Waals surface area contributed by atoms with E-state index in [2.05, 4.69) is 0 Å². The summed E-state index contributed by atoms with van der Waals surface area (Å²) in [4.78, 5) is 23.4. The zero-order chi connectivity index (χ0) is 23.1. The van der Waals surface area contributed by atoms with Crippen LogP contribution in [0.25, 0.3) is 11.0 Å². The van der Waals surface area contributed by atoms with Crippen molar-refractivity contribution in [2.75, 3.05) is 13.2 Å². The Hall–Kier alpha value is -3.32. The predicted molar refractivity (Wildman–Crippen MR) is 121 cm³/mol. The van der Waals surface area contributed by atoms with Crippen LogP contribution >= 0.6 is 0 Å². The first-order valence-electron chi connectivity index (χ1n) is 10.7. The van der Waals surface area contributed by atoms with Crippen molar-refractivity contribution in [2.45, 2.75) is 45.6 Å². The summed E-state index contributed by atoms with van der Waals surface area (Å²) in [5.74, 6) is 0.557. The highest BCUT2D eigenvalue weighted by atomic mass is 16.5. The second kappa shape index (κ2) is 10.8. The first kappa shape index (κ1) is 23.3. The van der Waals surface area contributed by atoms with Crippen molar-refractivity contribution in [3.63, 3.8) is 0 Å². The minimum absolute atomic E-state index is 0.0109. The molecule has 32 heavy (non-hydrogen) atoms. The lowest BCUT2D eigenvalue weighted by molar-refractivity contribution is -0.137. The number of carboxylic acids is 1. The van der Waals surface area contributed by atoms with E-state index in [-0.39, 0.29) is 31.5 Å². The quantitative estimate of drug-likeness (QED) is 0.466. The number of hydrogen-bond donors (Lipinski definition) is 2. The maximum Gasteiger partial charge on any atom is 0.303 e. The van der Waals surface area contributed by atoms with Gasteiger partial charge in [-0.1, -0.05) is 31.0 Å². The van der Waals surface area contributed by atoms with Gasteiger partial charge in [-0.25, -0.2) is 0 Å². The highest BCUT2D eigenvalue weighted by Gasteiger charge is 2.16. The fraction of sp³-hybridized carbons (Fsp3) is 0.360. The maximum absolute atomic E-state index is 12.5. The Morgan fingerprint density at radius 2 is 1.78 bits per heavy atom. The number of aryl methyl sites for hydroxylation is 3. The third kappa shape index (κ3) is 6.11. The van der Waals surface area contributed by atoms with Gasteiger partial charge < -0.3 is 24.1 Å². The second-order valence-corrected chi connectivity index (χ2v) is 7.73. The second-order valence-electron chi connectivity index (χ2n) is 7.73. The van der Waals surface area contributed by atoms with Crippen LogP contribution in [-0.2, 0) is 17.6 Å². The summed E-state index contributed by atoms with van der Waals surface area (Å²) in [7, 11) is 0. The van der Waals surface area contributed by atoms with E-state index >= 15 is 0 Å². The van der Waals surface area contributed by atoms with Crippen molar-refractivity contribution in [1.82, 2.24) is 0 Å². The van der Waals surface area contributed by atoms with Gasteiger partial charge in [0.2, 0.25) is 0 Å². The fourth-order valence-electron chi connectivity index (χ4n) is 3.34. The van der Waals surface area contributed by atoms with E-state index in [9.17, 15) is 14.7 Å². The molecule has 1 aromatic heterocycles. The number of aliphatic hydroxyl groups is 1. The zero-order valence-electron chi connectivity index (χ0n) is 18.3. The van der Waals surface area contributed by atoms with Crippen LogP contribution < -0.4 is 14.9 Å². The van der Waals surface area contributed by atoms with Crippen LogP contribution in [0.5, 0.6) is 11.5 Å². The topological polar surface area (TPSA) is 106 Å². The molecule has 2 N–H and O–H groups in total. The Kier molecular flexibility index (Phi) is 7.89. The van der Waals surface area contributed by atoms with Crippen LogP contribution in [0.1, 0.15) is 36.7 Å². The molecule has 1 atom stereocenters. The monoisotopic (exact) mass is 440 g/mol. The average molecular weight is 440 g/mol. The number of carbonyl (C=O) groups is 1. The number of carboxylic acid groups (broad SMARTS) is 1. The van der Waals surface area contributed by atoms with E-state index in [1.807, 2.05) is 38.1 Å². The van der Waals surface area contributed by atoms with Gasteiger partial charge >= 0.3 is 5.97 Å². The van der Waals surface area contributed by atoms with E-state index in [1.165, 1.54) is 6.07 Å². The summed E-state index contributed by atoms with van der Waals surface area (Å²) in [6, 6.07) is 12.2. The van der Waals surface area contributed by atoms with E-state index in [0.717, 1.165) is 17.5 Å². The Balaban J connectivity index is 1.75. The molecule has 2 aromatic carbocycles. The van der Waals surface area contributed by atoms with Crippen molar-refractivity contribution < 1.29 is 28.9 Å². The van der Waals surface area contributed by atoms with E-state index < -0.39 is 12.1 Å². The third-order valence-corrected chi connectivity index (χ3v) is 4.99. The number of rotatable bonds is 11. The van der Waals surface area contributed by atoms with Gasteiger partial charge in [-0.15, -0.1) is 0 Å². The predicted octanol–water partition coefficient (Wildman–Crippen LogP) is 3.89. The van der Waals surface area contributed by atoms with E-state index in [1.54, 1.807) is 12.1 Å². The summed E-state index contributed by atoms with van der Waals surface area (Å²) < 4.78 is 17.4. The molecule has 3 rings (SSSR count). The molecule has 0 radical (unpaired) electrons. The SMILES string of the molecule is CCCc1c(OCC(O)COc2ccc(C)cc2)ccc2c(=O)cc(CCC(=O)O)oc12. The molecule has 0 aliphatic heterocycles. The third-order valence-electron chi connectivity index (χ3n) is 4.99. The number of aliphatic carboxylic acids is 1. The molecule has 170 valence electrons. The number of hydrogen-bond acceptors (Lipinski definition) is 6. The zero-order valence-corrected chi connectivity index (χ0v) is 18.3.